The predicted octanol–water partition coefficient (Wildman–Crippen LogP) is 3.92. The van der Waals surface area contributed by atoms with Gasteiger partial charge in [0, 0.05) is 41.4 Å². The van der Waals surface area contributed by atoms with E-state index in [2.05, 4.69) is 27.0 Å². The maximum atomic E-state index is 12.1. The van der Waals surface area contributed by atoms with E-state index in [1.165, 1.54) is 10.9 Å². The predicted molar refractivity (Wildman–Crippen MR) is 113 cm³/mol. The van der Waals surface area contributed by atoms with Gasteiger partial charge in [-0.05, 0) is 48.2 Å². The van der Waals surface area contributed by atoms with Gasteiger partial charge in [0.1, 0.15) is 0 Å². The highest BCUT2D eigenvalue weighted by Crippen LogP contribution is 2.17. The van der Waals surface area contributed by atoms with Crippen LogP contribution in [0.2, 0.25) is 0 Å². The summed E-state index contributed by atoms with van der Waals surface area (Å²) in [5.74, 6) is 0.293. The molecular weight excluding hydrogens is 352 g/mol. The second-order valence-electron chi connectivity index (χ2n) is 7.17. The summed E-state index contributed by atoms with van der Waals surface area (Å²) in [6.45, 7) is 5.26. The van der Waals surface area contributed by atoms with E-state index in [4.69, 9.17) is 0 Å². The number of H-pyrrole nitrogens is 1. The van der Waals surface area contributed by atoms with Gasteiger partial charge < -0.3 is 20.9 Å². The number of rotatable bonds is 7. The Morgan fingerprint density at radius 1 is 1.00 bits per heavy atom. The van der Waals surface area contributed by atoms with Gasteiger partial charge in [-0.2, -0.15) is 0 Å². The fourth-order valence-corrected chi connectivity index (χ4v) is 2.93. The van der Waals surface area contributed by atoms with Crippen LogP contribution in [-0.2, 0) is 6.42 Å². The van der Waals surface area contributed by atoms with Crippen LogP contribution in [0.4, 0.5) is 10.5 Å². The van der Waals surface area contributed by atoms with E-state index in [0.717, 1.165) is 11.9 Å². The lowest BCUT2D eigenvalue weighted by atomic mass is 10.1. The molecule has 3 rings (SSSR count). The van der Waals surface area contributed by atoms with Crippen LogP contribution in [0.25, 0.3) is 10.9 Å². The van der Waals surface area contributed by atoms with E-state index >= 15 is 0 Å². The van der Waals surface area contributed by atoms with Crippen molar-refractivity contribution >= 4 is 28.5 Å². The summed E-state index contributed by atoms with van der Waals surface area (Å²) in [6.07, 6.45) is 2.72. The van der Waals surface area contributed by atoms with Gasteiger partial charge in [0.25, 0.3) is 5.91 Å². The number of aromatic nitrogens is 1. The van der Waals surface area contributed by atoms with Crippen molar-refractivity contribution in [3.63, 3.8) is 0 Å². The van der Waals surface area contributed by atoms with Crippen LogP contribution >= 0.6 is 0 Å². The maximum Gasteiger partial charge on any atom is 0.319 e. The third kappa shape index (κ3) is 5.13. The number of para-hydroxylation sites is 1. The molecule has 0 bridgehead atoms. The Balaban J connectivity index is 1.46. The third-order valence-corrected chi connectivity index (χ3v) is 4.43. The zero-order chi connectivity index (χ0) is 19.9. The number of benzene rings is 2. The minimum absolute atomic E-state index is 0.108. The van der Waals surface area contributed by atoms with Crippen molar-refractivity contribution in [3.8, 4) is 0 Å². The van der Waals surface area contributed by atoms with Crippen molar-refractivity contribution < 1.29 is 9.59 Å². The van der Waals surface area contributed by atoms with Crippen molar-refractivity contribution in [2.45, 2.75) is 20.3 Å². The Kier molecular flexibility index (Phi) is 6.32. The normalized spacial score (nSPS) is 10.8. The second-order valence-corrected chi connectivity index (χ2v) is 7.17. The first kappa shape index (κ1) is 19.5. The topological polar surface area (TPSA) is 86.0 Å². The first-order valence-electron chi connectivity index (χ1n) is 9.51. The summed E-state index contributed by atoms with van der Waals surface area (Å²) in [7, 11) is 0. The molecule has 6 heteroatoms. The molecule has 0 fully saturated rings. The van der Waals surface area contributed by atoms with Crippen LogP contribution in [0.3, 0.4) is 0 Å². The van der Waals surface area contributed by atoms with Gasteiger partial charge in [0.2, 0.25) is 0 Å². The summed E-state index contributed by atoms with van der Waals surface area (Å²) in [4.78, 5) is 27.3. The second kappa shape index (κ2) is 9.08. The van der Waals surface area contributed by atoms with Crippen LogP contribution < -0.4 is 16.0 Å². The van der Waals surface area contributed by atoms with Gasteiger partial charge in [-0.1, -0.05) is 32.0 Å². The number of anilines is 1. The van der Waals surface area contributed by atoms with E-state index in [1.54, 1.807) is 24.3 Å². The minimum Gasteiger partial charge on any atom is -0.361 e. The molecule has 28 heavy (non-hydrogen) atoms. The number of fused-ring (bicyclic) bond motifs is 1. The molecular formula is C22H26N4O2. The number of carbonyl (C=O) groups excluding carboxylic acids is 2. The molecule has 3 aromatic rings. The molecule has 4 N–H and O–H groups in total. The average molecular weight is 378 g/mol. The zero-order valence-electron chi connectivity index (χ0n) is 16.2. The van der Waals surface area contributed by atoms with Gasteiger partial charge in [0.15, 0.2) is 0 Å². The SMILES string of the molecule is CC(C)CNC(=O)c1ccc(NC(=O)NCCc2c[nH]c3ccccc23)cc1. The molecule has 0 aliphatic carbocycles. The summed E-state index contributed by atoms with van der Waals surface area (Å²) in [5.41, 5.74) is 3.49. The molecule has 0 saturated carbocycles. The Morgan fingerprint density at radius 3 is 2.50 bits per heavy atom. The number of hydrogen-bond acceptors (Lipinski definition) is 2. The number of hydrogen-bond donors (Lipinski definition) is 4. The van der Waals surface area contributed by atoms with Crippen molar-refractivity contribution in [2.75, 3.05) is 18.4 Å². The van der Waals surface area contributed by atoms with Gasteiger partial charge in [-0.25, -0.2) is 4.79 Å². The van der Waals surface area contributed by atoms with Crippen molar-refractivity contribution in [3.05, 3.63) is 65.9 Å². The van der Waals surface area contributed by atoms with Crippen molar-refractivity contribution in [2.24, 2.45) is 5.92 Å². The Morgan fingerprint density at radius 2 is 1.75 bits per heavy atom. The molecule has 0 aliphatic heterocycles. The quantitative estimate of drug-likeness (QED) is 0.502. The Labute approximate surface area is 164 Å². The smallest absolute Gasteiger partial charge is 0.319 e. The molecule has 2 aromatic carbocycles. The molecule has 146 valence electrons. The summed E-state index contributed by atoms with van der Waals surface area (Å²) in [5, 5.41) is 9.70. The highest BCUT2D eigenvalue weighted by atomic mass is 16.2. The third-order valence-electron chi connectivity index (χ3n) is 4.43. The summed E-state index contributed by atoms with van der Waals surface area (Å²) < 4.78 is 0. The molecule has 1 aromatic heterocycles. The lowest BCUT2D eigenvalue weighted by Crippen LogP contribution is -2.30. The van der Waals surface area contributed by atoms with Gasteiger partial charge in [0.05, 0.1) is 0 Å². The summed E-state index contributed by atoms with van der Waals surface area (Å²) >= 11 is 0. The Bertz CT molecular complexity index is 945. The first-order chi connectivity index (χ1) is 13.5. The fourth-order valence-electron chi connectivity index (χ4n) is 2.93. The van der Waals surface area contributed by atoms with Gasteiger partial charge >= 0.3 is 6.03 Å². The van der Waals surface area contributed by atoms with Crippen molar-refractivity contribution in [1.29, 1.82) is 0 Å². The highest BCUT2D eigenvalue weighted by molar-refractivity contribution is 5.95. The van der Waals surface area contributed by atoms with E-state index < -0.39 is 0 Å². The number of carbonyl (C=O) groups is 2. The molecule has 0 saturated heterocycles. The molecule has 0 atom stereocenters. The minimum atomic E-state index is -0.267. The van der Waals surface area contributed by atoms with Gasteiger partial charge in [-0.15, -0.1) is 0 Å². The maximum absolute atomic E-state index is 12.1. The number of amides is 3. The van der Waals surface area contributed by atoms with Crippen LogP contribution in [0, 0.1) is 5.92 Å². The van der Waals surface area contributed by atoms with Crippen LogP contribution in [0.15, 0.2) is 54.7 Å². The first-order valence-corrected chi connectivity index (χ1v) is 9.51. The molecule has 3 amide bonds. The average Bonchev–Trinajstić information content (AvgIpc) is 3.10. The number of aromatic amines is 1. The van der Waals surface area contributed by atoms with E-state index in [9.17, 15) is 9.59 Å². The molecule has 0 radical (unpaired) electrons. The highest BCUT2D eigenvalue weighted by Gasteiger charge is 2.08. The van der Waals surface area contributed by atoms with Crippen molar-refractivity contribution in [1.82, 2.24) is 15.6 Å². The zero-order valence-corrected chi connectivity index (χ0v) is 16.2. The molecule has 1 heterocycles. The molecule has 0 aliphatic rings. The lowest BCUT2D eigenvalue weighted by molar-refractivity contribution is 0.0949. The van der Waals surface area contributed by atoms with E-state index in [0.29, 0.717) is 30.3 Å². The van der Waals surface area contributed by atoms with E-state index in [-0.39, 0.29) is 11.9 Å². The van der Waals surface area contributed by atoms with E-state index in [1.807, 2.05) is 38.2 Å². The van der Waals surface area contributed by atoms with Crippen LogP contribution in [0.5, 0.6) is 0 Å². The lowest BCUT2D eigenvalue weighted by Gasteiger charge is -2.09. The molecule has 6 nitrogen and oxygen atoms in total. The van der Waals surface area contributed by atoms with Crippen LogP contribution in [-0.4, -0.2) is 30.0 Å². The summed E-state index contributed by atoms with van der Waals surface area (Å²) in [6, 6.07) is 14.7. The largest absolute Gasteiger partial charge is 0.361 e. The fraction of sp³-hybridized carbons (Fsp3) is 0.273. The van der Waals surface area contributed by atoms with Crippen LogP contribution in [0.1, 0.15) is 29.8 Å². The standard InChI is InChI=1S/C22H26N4O2/c1-15(2)13-25-21(27)16-7-9-18(10-8-16)26-22(28)23-12-11-17-14-24-20-6-4-3-5-19(17)20/h3-10,14-15,24H,11-13H2,1-2H3,(H,25,27)(H2,23,26,28). The Hall–Kier alpha value is -3.28. The molecule has 0 spiro atoms. The molecule has 0 unspecified atom stereocenters. The number of urea groups is 1. The monoisotopic (exact) mass is 378 g/mol. The van der Waals surface area contributed by atoms with Gasteiger partial charge in [-0.3, -0.25) is 4.79 Å². The number of nitrogens with one attached hydrogen (secondary N) is 4.